The summed E-state index contributed by atoms with van der Waals surface area (Å²) < 4.78 is 28.1. The fourth-order valence-corrected chi connectivity index (χ4v) is 6.28. The van der Waals surface area contributed by atoms with Crippen LogP contribution in [-0.4, -0.2) is 66.8 Å². The molecule has 4 aliphatic heterocycles. The van der Waals surface area contributed by atoms with E-state index in [4.69, 9.17) is 9.47 Å². The van der Waals surface area contributed by atoms with E-state index >= 15 is 4.39 Å². The molecule has 3 unspecified atom stereocenters. The van der Waals surface area contributed by atoms with E-state index in [2.05, 4.69) is 22.1 Å². The Morgan fingerprint density at radius 2 is 2.05 bits per heavy atom. The molecule has 9 heteroatoms. The van der Waals surface area contributed by atoms with Gasteiger partial charge in [0.15, 0.2) is 0 Å². The van der Waals surface area contributed by atoms with Crippen LogP contribution in [0.25, 0.3) is 10.9 Å². The average Bonchev–Trinajstić information content (AvgIpc) is 3.52. The van der Waals surface area contributed by atoms with Gasteiger partial charge in [0, 0.05) is 50.2 Å². The number of nitrogens with zero attached hydrogens (tertiary/aromatic N) is 3. The number of aromatic nitrogens is 1. The Morgan fingerprint density at radius 1 is 1.24 bits per heavy atom. The van der Waals surface area contributed by atoms with Crippen LogP contribution in [-0.2, 0) is 19.9 Å². The van der Waals surface area contributed by atoms with E-state index in [1.165, 1.54) is 11.3 Å². The molecule has 0 saturated carbocycles. The molecule has 0 bridgehead atoms. The molecule has 5 heterocycles. The van der Waals surface area contributed by atoms with Crippen molar-refractivity contribution in [2.75, 3.05) is 44.3 Å². The van der Waals surface area contributed by atoms with Gasteiger partial charge < -0.3 is 9.47 Å². The second-order valence-electron chi connectivity index (χ2n) is 10.6. The van der Waals surface area contributed by atoms with E-state index in [9.17, 15) is 9.59 Å². The smallest absolute Gasteiger partial charge is 0.328 e. The highest BCUT2D eigenvalue weighted by Gasteiger charge is 2.70. The van der Waals surface area contributed by atoms with Crippen molar-refractivity contribution in [2.24, 2.45) is 5.92 Å². The Morgan fingerprint density at radius 3 is 2.76 bits per heavy atom. The number of carbonyl (C=O) groups is 2. The van der Waals surface area contributed by atoms with Crippen LogP contribution in [0.5, 0.6) is 0 Å². The third-order valence-electron chi connectivity index (χ3n) is 8.17. The minimum Gasteiger partial charge on any atom is -0.381 e. The van der Waals surface area contributed by atoms with Crippen LogP contribution in [0, 0.1) is 18.7 Å². The molecule has 3 atom stereocenters. The van der Waals surface area contributed by atoms with Crippen molar-refractivity contribution in [3.63, 3.8) is 0 Å². The maximum atomic E-state index is 16.1. The van der Waals surface area contributed by atoms with Gasteiger partial charge in [0.2, 0.25) is 5.91 Å². The van der Waals surface area contributed by atoms with Gasteiger partial charge in [-0.2, -0.15) is 0 Å². The topological polar surface area (TPSA) is 87.3 Å². The molecule has 200 valence electrons. The Labute approximate surface area is 217 Å². The molecule has 0 aliphatic carbocycles. The Bertz CT molecular complexity index is 1220. The zero-order valence-corrected chi connectivity index (χ0v) is 22.2. The molecule has 4 saturated heterocycles. The van der Waals surface area contributed by atoms with E-state index in [1.807, 2.05) is 26.0 Å². The van der Waals surface area contributed by atoms with Crippen molar-refractivity contribution >= 4 is 28.5 Å². The fraction of sp³-hybridized carbons (Fsp3) is 0.607. The molecule has 4 aliphatic rings. The maximum absolute atomic E-state index is 16.1. The first-order chi connectivity index (χ1) is 17.8. The monoisotopic (exact) mass is 512 g/mol. The summed E-state index contributed by atoms with van der Waals surface area (Å²) in [5.74, 6) is -0.105. The summed E-state index contributed by atoms with van der Waals surface area (Å²) in [6.07, 6.45) is 3.23. The normalized spacial score (nSPS) is 29.9. The number of pyridine rings is 1. The van der Waals surface area contributed by atoms with Crippen LogP contribution in [0.1, 0.15) is 57.7 Å². The molecule has 0 radical (unpaired) electrons. The number of epoxide rings is 1. The number of imide groups is 1. The Balaban J connectivity index is 0.00000137. The van der Waals surface area contributed by atoms with Crippen LogP contribution < -0.4 is 10.2 Å². The van der Waals surface area contributed by atoms with Crippen molar-refractivity contribution in [3.05, 3.63) is 35.3 Å². The summed E-state index contributed by atoms with van der Waals surface area (Å²) >= 11 is 0. The minimum absolute atomic E-state index is 0.199. The van der Waals surface area contributed by atoms with Crippen molar-refractivity contribution in [1.29, 1.82) is 0 Å². The standard InChI is InChI=1S/C26H31FN4O4.C2H6/c1-16-21(31-9-7-22(32)29-24(31)33)12-18-20(28-16)6-5-19(23(18)27)26-8-10-30(15-25(26,2)35-26)13-17-4-3-11-34-14-17;1-2/h5-6,12,17H,3-4,7-11,13-15H2,1-2H3,(H,29,32,33);1-2H3. The molecule has 0 spiro atoms. The van der Waals surface area contributed by atoms with Gasteiger partial charge in [0.25, 0.3) is 0 Å². The van der Waals surface area contributed by atoms with Gasteiger partial charge in [-0.3, -0.25) is 24.9 Å². The summed E-state index contributed by atoms with van der Waals surface area (Å²) in [4.78, 5) is 32.4. The summed E-state index contributed by atoms with van der Waals surface area (Å²) in [5.41, 5.74) is 1.13. The molecule has 8 nitrogen and oxygen atoms in total. The van der Waals surface area contributed by atoms with Gasteiger partial charge in [0.05, 0.1) is 23.5 Å². The first-order valence-electron chi connectivity index (χ1n) is 13.5. The highest BCUT2D eigenvalue weighted by Crippen LogP contribution is 2.61. The van der Waals surface area contributed by atoms with Crippen LogP contribution >= 0.6 is 0 Å². The van der Waals surface area contributed by atoms with Gasteiger partial charge in [-0.05, 0) is 51.2 Å². The molecule has 37 heavy (non-hydrogen) atoms. The van der Waals surface area contributed by atoms with Crippen molar-refractivity contribution < 1.29 is 23.5 Å². The number of benzene rings is 1. The Hall–Kier alpha value is -2.62. The summed E-state index contributed by atoms with van der Waals surface area (Å²) in [7, 11) is 0. The van der Waals surface area contributed by atoms with Gasteiger partial charge in [-0.1, -0.05) is 19.9 Å². The first-order valence-corrected chi connectivity index (χ1v) is 13.5. The van der Waals surface area contributed by atoms with E-state index < -0.39 is 17.2 Å². The number of fused-ring (bicyclic) bond motifs is 2. The van der Waals surface area contributed by atoms with Crippen LogP contribution in [0.4, 0.5) is 14.9 Å². The quantitative estimate of drug-likeness (QED) is 0.616. The van der Waals surface area contributed by atoms with Gasteiger partial charge in [0.1, 0.15) is 17.0 Å². The minimum atomic E-state index is -0.648. The molecule has 2 aromatic rings. The van der Waals surface area contributed by atoms with E-state index in [0.29, 0.717) is 33.8 Å². The van der Waals surface area contributed by atoms with Crippen molar-refractivity contribution in [2.45, 2.75) is 64.6 Å². The van der Waals surface area contributed by atoms with Crippen molar-refractivity contribution in [1.82, 2.24) is 15.2 Å². The number of hydrogen-bond acceptors (Lipinski definition) is 6. The van der Waals surface area contributed by atoms with Gasteiger partial charge in [-0.15, -0.1) is 0 Å². The molecule has 1 aromatic carbocycles. The lowest BCUT2D eigenvalue weighted by Crippen LogP contribution is -2.49. The third kappa shape index (κ3) is 4.51. The molecule has 3 amide bonds. The van der Waals surface area contributed by atoms with E-state index in [0.717, 1.165) is 45.7 Å². The number of piperidine rings is 1. The molecule has 1 aromatic heterocycles. The number of anilines is 1. The Kier molecular flexibility index (Phi) is 6.98. The zero-order chi connectivity index (χ0) is 26.4. The number of ether oxygens (including phenoxy) is 2. The fourth-order valence-electron chi connectivity index (χ4n) is 6.28. The summed E-state index contributed by atoms with van der Waals surface area (Å²) in [5, 5.41) is 2.69. The molecular weight excluding hydrogens is 475 g/mol. The average molecular weight is 513 g/mol. The lowest BCUT2D eigenvalue weighted by molar-refractivity contribution is -0.120. The molecular formula is C28H37FN4O4. The second kappa shape index (κ2) is 9.93. The lowest BCUT2D eigenvalue weighted by atomic mass is 9.80. The number of nitrogens with one attached hydrogen (secondary N) is 1. The largest absolute Gasteiger partial charge is 0.381 e. The predicted molar refractivity (Wildman–Crippen MR) is 139 cm³/mol. The zero-order valence-electron chi connectivity index (χ0n) is 22.2. The number of halogens is 1. The number of carbonyl (C=O) groups excluding carboxylic acids is 2. The van der Waals surface area contributed by atoms with E-state index in [1.54, 1.807) is 13.0 Å². The van der Waals surface area contributed by atoms with Crippen molar-refractivity contribution in [3.8, 4) is 0 Å². The number of amides is 3. The van der Waals surface area contributed by atoms with Gasteiger partial charge >= 0.3 is 6.03 Å². The molecule has 4 fully saturated rings. The van der Waals surface area contributed by atoms with Gasteiger partial charge in [-0.25, -0.2) is 9.18 Å². The van der Waals surface area contributed by atoms with Crippen LogP contribution in [0.3, 0.4) is 0 Å². The number of aryl methyl sites for hydroxylation is 1. The van der Waals surface area contributed by atoms with Crippen LogP contribution in [0.2, 0.25) is 0 Å². The van der Waals surface area contributed by atoms with Crippen LogP contribution in [0.15, 0.2) is 18.2 Å². The van der Waals surface area contributed by atoms with E-state index in [-0.39, 0.29) is 24.7 Å². The molecule has 1 N–H and O–H groups in total. The number of rotatable bonds is 4. The SMILES string of the molecule is CC.Cc1nc2ccc(C34CCN(CC5CCCOC5)CC3(C)O4)c(F)c2cc1N1CCC(=O)NC1=O. The molecule has 6 rings (SSSR count). The first kappa shape index (κ1) is 26.0. The summed E-state index contributed by atoms with van der Waals surface area (Å²) in [6, 6.07) is 4.83. The summed E-state index contributed by atoms with van der Waals surface area (Å²) in [6.45, 7) is 12.4. The maximum Gasteiger partial charge on any atom is 0.328 e. The highest BCUT2D eigenvalue weighted by atomic mass is 19.1. The third-order valence-corrected chi connectivity index (χ3v) is 8.17. The lowest BCUT2D eigenvalue weighted by Gasteiger charge is -2.35. The predicted octanol–water partition coefficient (Wildman–Crippen LogP) is 4.27. The number of hydrogen-bond donors (Lipinski definition) is 1. The number of urea groups is 1. The highest BCUT2D eigenvalue weighted by molar-refractivity contribution is 6.06. The second-order valence-corrected chi connectivity index (χ2v) is 10.6. The number of likely N-dealkylation sites (tertiary alicyclic amines) is 1.